The Morgan fingerprint density at radius 3 is 2.91 bits per heavy atom. The summed E-state index contributed by atoms with van der Waals surface area (Å²) in [5.41, 5.74) is 0.917. The number of amides is 1. The molecule has 1 atom stereocenters. The van der Waals surface area contributed by atoms with Crippen LogP contribution in [0.1, 0.15) is 25.3 Å². The van der Waals surface area contributed by atoms with Gasteiger partial charge in [-0.1, -0.05) is 0 Å². The molecule has 1 amide bonds. The van der Waals surface area contributed by atoms with E-state index in [1.807, 2.05) is 15.8 Å². The number of nitrogens with zero attached hydrogens (tertiary/aromatic N) is 6. The van der Waals surface area contributed by atoms with Crippen LogP contribution in [-0.2, 0) is 4.79 Å². The molecule has 2 aromatic heterocycles. The van der Waals surface area contributed by atoms with E-state index in [1.165, 1.54) is 0 Å². The summed E-state index contributed by atoms with van der Waals surface area (Å²) >= 11 is 0. The van der Waals surface area contributed by atoms with E-state index in [1.54, 1.807) is 24.8 Å². The molecule has 2 aliphatic rings. The third-order valence-corrected chi connectivity index (χ3v) is 4.38. The average Bonchev–Trinajstić information content (AvgIpc) is 3.27. The van der Waals surface area contributed by atoms with Crippen LogP contribution in [0.4, 0.5) is 11.5 Å². The lowest BCUT2D eigenvalue weighted by atomic mass is 10.3. The van der Waals surface area contributed by atoms with Gasteiger partial charge in [-0.2, -0.15) is 5.10 Å². The summed E-state index contributed by atoms with van der Waals surface area (Å²) in [7, 11) is 0. The standard InChI is InChI=1S/C15H18N6O/c22-15-2-1-6-20(15)13-8-18-21(11-13)12-3-7-19(10-12)14-9-16-4-5-17-14/h4-5,8-9,11-12H,1-3,6-7,10H2. The molecule has 22 heavy (non-hydrogen) atoms. The van der Waals surface area contributed by atoms with Crippen molar-refractivity contribution in [1.29, 1.82) is 0 Å². The van der Waals surface area contributed by atoms with Crippen LogP contribution in [-0.4, -0.2) is 45.3 Å². The summed E-state index contributed by atoms with van der Waals surface area (Å²) < 4.78 is 1.98. The molecule has 4 rings (SSSR count). The van der Waals surface area contributed by atoms with Crippen molar-refractivity contribution in [3.05, 3.63) is 31.0 Å². The molecule has 0 radical (unpaired) electrons. The maximum Gasteiger partial charge on any atom is 0.227 e. The van der Waals surface area contributed by atoms with Gasteiger partial charge in [0.25, 0.3) is 0 Å². The molecule has 0 spiro atoms. The minimum atomic E-state index is 0.201. The normalized spacial score (nSPS) is 21.8. The van der Waals surface area contributed by atoms with Crippen LogP contribution in [0.3, 0.4) is 0 Å². The first-order valence-corrected chi connectivity index (χ1v) is 7.67. The van der Waals surface area contributed by atoms with E-state index in [-0.39, 0.29) is 5.91 Å². The van der Waals surface area contributed by atoms with Crippen LogP contribution in [0.2, 0.25) is 0 Å². The molecule has 114 valence electrons. The molecule has 7 heteroatoms. The molecule has 2 aromatic rings. The fraction of sp³-hybridized carbons (Fsp3) is 0.467. The smallest absolute Gasteiger partial charge is 0.227 e. The van der Waals surface area contributed by atoms with Crippen molar-refractivity contribution in [3.63, 3.8) is 0 Å². The second-order valence-corrected chi connectivity index (χ2v) is 5.78. The highest BCUT2D eigenvalue weighted by Gasteiger charge is 2.27. The minimum Gasteiger partial charge on any atom is -0.353 e. The third-order valence-electron chi connectivity index (χ3n) is 4.38. The molecule has 0 aliphatic carbocycles. The predicted molar refractivity (Wildman–Crippen MR) is 81.7 cm³/mol. The number of hydrogen-bond donors (Lipinski definition) is 0. The molecular weight excluding hydrogens is 280 g/mol. The SMILES string of the molecule is O=C1CCCN1c1cnn(C2CCN(c3cnccn3)C2)c1. The van der Waals surface area contributed by atoms with Crippen LogP contribution < -0.4 is 9.80 Å². The van der Waals surface area contributed by atoms with Crippen LogP contribution in [0.15, 0.2) is 31.0 Å². The van der Waals surface area contributed by atoms with Gasteiger partial charge in [-0.05, 0) is 12.8 Å². The Kier molecular flexibility index (Phi) is 3.25. The van der Waals surface area contributed by atoms with E-state index < -0.39 is 0 Å². The van der Waals surface area contributed by atoms with E-state index in [0.717, 1.165) is 44.0 Å². The third kappa shape index (κ3) is 2.32. The second kappa shape index (κ2) is 5.40. The van der Waals surface area contributed by atoms with Gasteiger partial charge >= 0.3 is 0 Å². The molecular formula is C15H18N6O. The molecule has 0 N–H and O–H groups in total. The zero-order valence-electron chi connectivity index (χ0n) is 12.3. The van der Waals surface area contributed by atoms with Crippen molar-refractivity contribution in [1.82, 2.24) is 19.7 Å². The lowest BCUT2D eigenvalue weighted by Crippen LogP contribution is -2.23. The van der Waals surface area contributed by atoms with Gasteiger partial charge < -0.3 is 9.80 Å². The van der Waals surface area contributed by atoms with Crippen molar-refractivity contribution >= 4 is 17.4 Å². The summed E-state index contributed by atoms with van der Waals surface area (Å²) in [6.07, 6.45) is 11.6. The number of aromatic nitrogens is 4. The van der Waals surface area contributed by atoms with Crippen molar-refractivity contribution in [3.8, 4) is 0 Å². The zero-order chi connectivity index (χ0) is 14.9. The Hall–Kier alpha value is -2.44. The average molecular weight is 298 g/mol. The fourth-order valence-electron chi connectivity index (χ4n) is 3.21. The maximum absolute atomic E-state index is 11.8. The predicted octanol–water partition coefficient (Wildman–Crippen LogP) is 1.25. The quantitative estimate of drug-likeness (QED) is 0.853. The van der Waals surface area contributed by atoms with E-state index in [2.05, 4.69) is 20.0 Å². The zero-order valence-corrected chi connectivity index (χ0v) is 12.3. The van der Waals surface area contributed by atoms with E-state index in [4.69, 9.17) is 0 Å². The van der Waals surface area contributed by atoms with Crippen LogP contribution in [0, 0.1) is 0 Å². The van der Waals surface area contributed by atoms with Gasteiger partial charge in [-0.3, -0.25) is 14.5 Å². The number of anilines is 2. The Morgan fingerprint density at radius 1 is 1.18 bits per heavy atom. The van der Waals surface area contributed by atoms with Crippen molar-refractivity contribution in [2.75, 3.05) is 29.4 Å². The van der Waals surface area contributed by atoms with Crippen LogP contribution >= 0.6 is 0 Å². The van der Waals surface area contributed by atoms with Gasteiger partial charge in [0.2, 0.25) is 5.91 Å². The number of hydrogen-bond acceptors (Lipinski definition) is 5. The lowest BCUT2D eigenvalue weighted by molar-refractivity contribution is -0.117. The van der Waals surface area contributed by atoms with Gasteiger partial charge in [0.05, 0.1) is 24.1 Å². The van der Waals surface area contributed by atoms with Crippen molar-refractivity contribution < 1.29 is 4.79 Å². The largest absolute Gasteiger partial charge is 0.353 e. The van der Waals surface area contributed by atoms with Gasteiger partial charge in [-0.25, -0.2) is 4.98 Å². The van der Waals surface area contributed by atoms with Crippen LogP contribution in [0.25, 0.3) is 0 Å². The first-order valence-electron chi connectivity index (χ1n) is 7.67. The van der Waals surface area contributed by atoms with Crippen molar-refractivity contribution in [2.24, 2.45) is 0 Å². The monoisotopic (exact) mass is 298 g/mol. The molecule has 1 unspecified atom stereocenters. The van der Waals surface area contributed by atoms with Gasteiger partial charge in [-0.15, -0.1) is 0 Å². The summed E-state index contributed by atoms with van der Waals surface area (Å²) in [5.74, 6) is 1.11. The molecule has 7 nitrogen and oxygen atoms in total. The highest BCUT2D eigenvalue weighted by Crippen LogP contribution is 2.27. The number of carbonyl (C=O) groups is 1. The first-order chi connectivity index (χ1) is 10.8. The second-order valence-electron chi connectivity index (χ2n) is 5.78. The molecule has 2 fully saturated rings. The fourth-order valence-corrected chi connectivity index (χ4v) is 3.21. The van der Waals surface area contributed by atoms with E-state index in [9.17, 15) is 4.79 Å². The lowest BCUT2D eigenvalue weighted by Gasteiger charge is -2.17. The Bertz CT molecular complexity index is 670. The topological polar surface area (TPSA) is 67.2 Å². The molecule has 0 bridgehead atoms. The Labute approximate surface area is 128 Å². The van der Waals surface area contributed by atoms with Crippen molar-refractivity contribution in [2.45, 2.75) is 25.3 Å². The van der Waals surface area contributed by atoms with Gasteiger partial charge in [0, 0.05) is 44.6 Å². The highest BCUT2D eigenvalue weighted by molar-refractivity contribution is 5.95. The van der Waals surface area contributed by atoms with E-state index >= 15 is 0 Å². The van der Waals surface area contributed by atoms with E-state index in [0.29, 0.717) is 12.5 Å². The number of carbonyl (C=O) groups excluding carboxylic acids is 1. The molecule has 2 aliphatic heterocycles. The summed E-state index contributed by atoms with van der Waals surface area (Å²) in [6, 6.07) is 0.313. The minimum absolute atomic E-state index is 0.201. The summed E-state index contributed by atoms with van der Waals surface area (Å²) in [5, 5.41) is 4.47. The maximum atomic E-state index is 11.8. The Balaban J connectivity index is 1.47. The highest BCUT2D eigenvalue weighted by atomic mass is 16.2. The Morgan fingerprint density at radius 2 is 2.14 bits per heavy atom. The summed E-state index contributed by atoms with van der Waals surface area (Å²) in [4.78, 5) is 24.3. The van der Waals surface area contributed by atoms with Gasteiger partial charge in [0.15, 0.2) is 0 Å². The summed E-state index contributed by atoms with van der Waals surface area (Å²) in [6.45, 7) is 2.62. The molecule has 0 aromatic carbocycles. The molecule has 4 heterocycles. The van der Waals surface area contributed by atoms with Gasteiger partial charge in [0.1, 0.15) is 5.82 Å². The first kappa shape index (κ1) is 13.2. The molecule has 2 saturated heterocycles. The van der Waals surface area contributed by atoms with Crippen LogP contribution in [0.5, 0.6) is 0 Å². The number of rotatable bonds is 3. The molecule has 0 saturated carbocycles.